The van der Waals surface area contributed by atoms with Gasteiger partial charge in [-0.05, 0) is 40.3 Å². The van der Waals surface area contributed by atoms with E-state index in [0.29, 0.717) is 21.9 Å². The van der Waals surface area contributed by atoms with E-state index >= 15 is 0 Å². The predicted octanol–water partition coefficient (Wildman–Crippen LogP) is -0.651. The summed E-state index contributed by atoms with van der Waals surface area (Å²) in [5.74, 6) is -0.862. The molecule has 29 heavy (non-hydrogen) atoms. The molecular formula is C17H20I2N6O4. The maximum Gasteiger partial charge on any atom is 0.212 e. The number of aliphatic imine (C=N–C) groups is 3. The van der Waals surface area contributed by atoms with Crippen molar-refractivity contribution in [3.8, 4) is 0 Å². The van der Waals surface area contributed by atoms with E-state index in [4.69, 9.17) is 10.5 Å². The van der Waals surface area contributed by atoms with Gasteiger partial charge < -0.3 is 25.0 Å². The summed E-state index contributed by atoms with van der Waals surface area (Å²) in [5.41, 5.74) is 8.04. The topological polar surface area (TPSA) is 148 Å². The zero-order chi connectivity index (χ0) is 20.8. The number of hydrogen-bond donors (Lipinski definition) is 5. The molecule has 0 bridgehead atoms. The summed E-state index contributed by atoms with van der Waals surface area (Å²) < 4.78 is 7.17. The number of fused-ring (bicyclic) bond motifs is 1. The quantitative estimate of drug-likeness (QED) is 0.166. The average molecular weight is 626 g/mol. The molecule has 0 aliphatic carbocycles. The van der Waals surface area contributed by atoms with Crippen LogP contribution in [0.1, 0.15) is 5.56 Å². The molecule has 6 N–H and O–H groups in total. The minimum absolute atomic E-state index is 0.143. The van der Waals surface area contributed by atoms with E-state index in [1.807, 2.05) is 46.9 Å². The third-order valence-corrected chi connectivity index (χ3v) is 6.12. The fourth-order valence-corrected chi connectivity index (χ4v) is 4.70. The molecule has 156 valence electrons. The Kier molecular flexibility index (Phi) is 6.23. The number of amidine groups is 2. The molecule has 3 heterocycles. The molecule has 10 nitrogen and oxygen atoms in total. The molecule has 12 heteroatoms. The third-order valence-electron chi connectivity index (χ3n) is 4.97. The number of aliphatic hydroxyl groups excluding tert-OH is 3. The molecule has 1 fully saturated rings. The molecule has 0 spiro atoms. The van der Waals surface area contributed by atoms with Crippen LogP contribution >= 0.6 is 45.2 Å². The van der Waals surface area contributed by atoms with E-state index in [2.05, 4.69) is 42.9 Å². The van der Waals surface area contributed by atoms with E-state index in [9.17, 15) is 15.3 Å². The maximum atomic E-state index is 10.4. The number of hydrogen-bond acceptors (Lipinski definition) is 10. The van der Waals surface area contributed by atoms with Crippen LogP contribution in [-0.4, -0.2) is 79.2 Å². The van der Waals surface area contributed by atoms with Crippen LogP contribution in [0.5, 0.6) is 0 Å². The Labute approximate surface area is 194 Å². The second-order valence-corrected chi connectivity index (χ2v) is 9.12. The minimum atomic E-state index is -1.29. The van der Waals surface area contributed by atoms with Crippen LogP contribution in [0.4, 0.5) is 0 Å². The molecular weight excluding hydrogens is 606 g/mol. The summed E-state index contributed by atoms with van der Waals surface area (Å²) in [6.07, 6.45) is -4.19. The first-order chi connectivity index (χ1) is 13.8. The second kappa shape index (κ2) is 8.41. The van der Waals surface area contributed by atoms with Crippen LogP contribution in [-0.2, 0) is 11.3 Å². The van der Waals surface area contributed by atoms with Gasteiger partial charge in [-0.1, -0.05) is 12.1 Å². The minimum Gasteiger partial charge on any atom is -0.394 e. The monoisotopic (exact) mass is 626 g/mol. The second-order valence-electron chi connectivity index (χ2n) is 6.91. The van der Waals surface area contributed by atoms with Gasteiger partial charge in [-0.3, -0.25) is 16.0 Å². The first-order valence-electron chi connectivity index (χ1n) is 8.89. The van der Waals surface area contributed by atoms with Crippen LogP contribution in [0.25, 0.3) is 0 Å². The summed E-state index contributed by atoms with van der Waals surface area (Å²) in [6.45, 7) is 0.213. The van der Waals surface area contributed by atoms with Crippen molar-refractivity contribution in [1.82, 2.24) is 10.2 Å². The average Bonchev–Trinajstić information content (AvgIpc) is 3.22. The molecule has 0 saturated carbocycles. The Morgan fingerprint density at radius 3 is 2.79 bits per heavy atom. The van der Waals surface area contributed by atoms with Crippen molar-refractivity contribution in [1.29, 1.82) is 0 Å². The molecule has 3 aliphatic heterocycles. The number of nitrogens with two attached hydrogens (primary N) is 1. The predicted molar refractivity (Wildman–Crippen MR) is 124 cm³/mol. The van der Waals surface area contributed by atoms with Gasteiger partial charge >= 0.3 is 0 Å². The van der Waals surface area contributed by atoms with Gasteiger partial charge in [0.15, 0.2) is 15.9 Å². The largest absolute Gasteiger partial charge is 0.394 e. The van der Waals surface area contributed by atoms with Crippen LogP contribution in [0.15, 0.2) is 39.2 Å². The van der Waals surface area contributed by atoms with E-state index in [1.54, 1.807) is 4.90 Å². The molecule has 0 radical (unpaired) electrons. The van der Waals surface area contributed by atoms with Crippen LogP contribution in [0.3, 0.4) is 0 Å². The number of nitrogens with one attached hydrogen (secondary N) is 1. The Bertz CT molecular complexity index is 896. The van der Waals surface area contributed by atoms with Gasteiger partial charge in [0.25, 0.3) is 0 Å². The summed E-state index contributed by atoms with van der Waals surface area (Å²) in [5, 5.41) is 33.0. The van der Waals surface area contributed by atoms with Crippen molar-refractivity contribution in [2.75, 3.05) is 13.3 Å². The lowest BCUT2D eigenvalue weighted by atomic mass is 10.1. The van der Waals surface area contributed by atoms with Crippen molar-refractivity contribution in [3.63, 3.8) is 0 Å². The third kappa shape index (κ3) is 4.08. The van der Waals surface area contributed by atoms with Crippen molar-refractivity contribution in [3.05, 3.63) is 33.4 Å². The summed E-state index contributed by atoms with van der Waals surface area (Å²) in [4.78, 5) is 15.0. The van der Waals surface area contributed by atoms with Crippen LogP contribution in [0, 0.1) is 3.57 Å². The van der Waals surface area contributed by atoms with Gasteiger partial charge in [0, 0.05) is 32.7 Å². The zero-order valence-corrected chi connectivity index (χ0v) is 19.4. The van der Waals surface area contributed by atoms with Gasteiger partial charge in [-0.25, -0.2) is 9.98 Å². The van der Waals surface area contributed by atoms with Crippen molar-refractivity contribution in [2.45, 2.75) is 36.9 Å². The van der Waals surface area contributed by atoms with Crippen molar-refractivity contribution in [2.24, 2.45) is 20.7 Å². The molecule has 1 aromatic carbocycles. The summed E-state index contributed by atoms with van der Waals surface area (Å²) >= 11 is 4.23. The fourth-order valence-electron chi connectivity index (χ4n) is 3.49. The van der Waals surface area contributed by atoms with Crippen molar-refractivity contribution >= 4 is 60.6 Å². The van der Waals surface area contributed by atoms with E-state index in [1.165, 1.54) is 0 Å². The van der Waals surface area contributed by atoms with Gasteiger partial charge in [0.05, 0.1) is 6.61 Å². The highest BCUT2D eigenvalue weighted by atomic mass is 127. The molecule has 5 atom stereocenters. The summed E-state index contributed by atoms with van der Waals surface area (Å²) in [6, 6.07) is 8.02. The highest BCUT2D eigenvalue weighted by molar-refractivity contribution is 14.1. The molecule has 4 rings (SSSR count). The number of nitrogens with zero attached hydrogens (tertiary/aromatic N) is 4. The molecule has 1 saturated heterocycles. The molecule has 0 amide bonds. The molecule has 1 unspecified atom stereocenters. The first kappa shape index (κ1) is 21.5. The van der Waals surface area contributed by atoms with Gasteiger partial charge in [-0.2, -0.15) is 0 Å². The van der Waals surface area contributed by atoms with E-state index in [-0.39, 0.29) is 6.67 Å². The van der Waals surface area contributed by atoms with Gasteiger partial charge in [0.1, 0.15) is 30.7 Å². The lowest BCUT2D eigenvalue weighted by molar-refractivity contribution is -0.0688. The van der Waals surface area contributed by atoms with Gasteiger partial charge in [0.2, 0.25) is 5.79 Å². The SMILES string of the molecule is NC1(NCc2cccc(I)c2)N=C(I)N=C2C1=NCN2[C@@H]1O[C@H](CO)[C@@H](O)[C@H]1O. The van der Waals surface area contributed by atoms with E-state index < -0.39 is 36.9 Å². The number of ether oxygens (including phenoxy) is 1. The molecule has 3 aliphatic rings. The lowest BCUT2D eigenvalue weighted by Crippen LogP contribution is -2.63. The number of rotatable bonds is 5. The fraction of sp³-hybridized carbons (Fsp3) is 0.471. The molecule has 0 aromatic heterocycles. The smallest absolute Gasteiger partial charge is 0.212 e. The first-order valence-corrected chi connectivity index (χ1v) is 11.0. The Morgan fingerprint density at radius 2 is 2.10 bits per heavy atom. The zero-order valence-electron chi connectivity index (χ0n) is 15.1. The Balaban J connectivity index is 1.55. The normalized spacial score (nSPS) is 34.0. The Hall–Kier alpha value is -0.750. The van der Waals surface area contributed by atoms with Crippen LogP contribution in [0.2, 0.25) is 0 Å². The van der Waals surface area contributed by atoms with E-state index in [0.717, 1.165) is 9.13 Å². The Morgan fingerprint density at radius 1 is 1.31 bits per heavy atom. The number of halogens is 2. The lowest BCUT2D eigenvalue weighted by Gasteiger charge is -2.33. The summed E-state index contributed by atoms with van der Waals surface area (Å²) in [7, 11) is 0. The maximum absolute atomic E-state index is 10.4. The van der Waals surface area contributed by atoms with Crippen LogP contribution < -0.4 is 11.1 Å². The molecule has 1 aromatic rings. The van der Waals surface area contributed by atoms with Gasteiger partial charge in [-0.15, -0.1) is 0 Å². The highest BCUT2D eigenvalue weighted by Crippen LogP contribution is 2.29. The number of benzene rings is 1. The van der Waals surface area contributed by atoms with Crippen molar-refractivity contribution < 1.29 is 20.1 Å². The highest BCUT2D eigenvalue weighted by Gasteiger charge is 2.51. The standard InChI is InChI=1S/C17H20I2N6O4/c18-9-3-1-2-8(4-9)5-22-17(20)13-14(23-16(19)24-17)25(7-21-13)15-12(28)11(27)10(6-26)29-15/h1-4,10-12,15,22,26-28H,5-7,20H2/t10-,11-,12-,15-,17?/m1/s1. The number of aliphatic hydroxyl groups is 3.